The van der Waals surface area contributed by atoms with Crippen LogP contribution in [0.1, 0.15) is 67.9 Å². The summed E-state index contributed by atoms with van der Waals surface area (Å²) in [5.41, 5.74) is 2.67. The smallest absolute Gasteiger partial charge is 0.303 e. The number of hydrogen-bond donors (Lipinski definition) is 0. The number of thiophene rings is 1. The van der Waals surface area contributed by atoms with Crippen LogP contribution in [0, 0.1) is 12.7 Å². The SMILES string of the molecule is CCOC(C)O[C@H](COC(C)=O)[C@@H](OC(C)=O)[C@H](OC(C)=O)[C@@H](OC(C)=O)C(=O)c1ccc(C)c(Cc2ccc(-c3ccc(F)cc3)s2)c1. The molecule has 49 heavy (non-hydrogen) atoms. The van der Waals surface area contributed by atoms with E-state index in [-0.39, 0.29) is 18.0 Å². The minimum absolute atomic E-state index is 0.126. The number of ether oxygens (including phenoxy) is 6. The lowest BCUT2D eigenvalue weighted by atomic mass is 9.93. The lowest BCUT2D eigenvalue weighted by Crippen LogP contribution is -2.55. The first-order valence-corrected chi connectivity index (χ1v) is 16.4. The lowest BCUT2D eigenvalue weighted by Gasteiger charge is -2.36. The Morgan fingerprint density at radius 1 is 0.796 bits per heavy atom. The van der Waals surface area contributed by atoms with E-state index in [4.69, 9.17) is 28.4 Å². The number of aryl methyl sites for hydroxylation is 1. The summed E-state index contributed by atoms with van der Waals surface area (Å²) in [7, 11) is 0. The Morgan fingerprint density at radius 2 is 1.43 bits per heavy atom. The Hall–Kier alpha value is -4.46. The van der Waals surface area contributed by atoms with Crippen molar-refractivity contribution in [2.45, 2.75) is 85.6 Å². The Bertz CT molecular complexity index is 1620. The summed E-state index contributed by atoms with van der Waals surface area (Å²) in [5.74, 6) is -4.36. The highest BCUT2D eigenvalue weighted by molar-refractivity contribution is 7.15. The maximum atomic E-state index is 14.3. The molecule has 0 spiro atoms. The first-order valence-electron chi connectivity index (χ1n) is 15.6. The molecule has 0 fully saturated rings. The van der Waals surface area contributed by atoms with Crippen LogP contribution in [-0.4, -0.2) is 73.6 Å². The van der Waals surface area contributed by atoms with Gasteiger partial charge in [-0.3, -0.25) is 24.0 Å². The highest BCUT2D eigenvalue weighted by Gasteiger charge is 2.46. The molecule has 2 aromatic carbocycles. The number of halogens is 1. The molecule has 0 radical (unpaired) electrons. The largest absolute Gasteiger partial charge is 0.463 e. The van der Waals surface area contributed by atoms with Crippen molar-refractivity contribution in [2.24, 2.45) is 0 Å². The molecule has 11 nitrogen and oxygen atoms in total. The molecule has 1 heterocycles. The van der Waals surface area contributed by atoms with E-state index in [1.165, 1.54) is 23.5 Å². The predicted molar refractivity (Wildman–Crippen MR) is 177 cm³/mol. The number of esters is 4. The molecule has 0 aliphatic rings. The number of rotatable bonds is 17. The van der Waals surface area contributed by atoms with E-state index < -0.39 is 67.0 Å². The van der Waals surface area contributed by atoms with Crippen LogP contribution >= 0.6 is 11.3 Å². The highest BCUT2D eigenvalue weighted by Crippen LogP contribution is 2.31. The molecule has 0 saturated heterocycles. The molecular weight excluding hydrogens is 659 g/mol. The van der Waals surface area contributed by atoms with Crippen LogP contribution in [0.2, 0.25) is 0 Å². The molecule has 5 atom stereocenters. The fraction of sp³-hybridized carbons (Fsp3) is 0.417. The average molecular weight is 701 g/mol. The third kappa shape index (κ3) is 11.9. The molecule has 0 bridgehead atoms. The quantitative estimate of drug-likeness (QED) is 0.0735. The van der Waals surface area contributed by atoms with E-state index in [9.17, 15) is 28.4 Å². The summed E-state index contributed by atoms with van der Waals surface area (Å²) < 4.78 is 46.6. The van der Waals surface area contributed by atoms with Gasteiger partial charge >= 0.3 is 23.9 Å². The zero-order valence-electron chi connectivity index (χ0n) is 28.5. The monoisotopic (exact) mass is 700 g/mol. The zero-order chi connectivity index (χ0) is 36.2. The van der Waals surface area contributed by atoms with E-state index in [0.717, 1.165) is 54.1 Å². The number of ketones is 1. The van der Waals surface area contributed by atoms with Crippen LogP contribution in [0.25, 0.3) is 10.4 Å². The minimum Gasteiger partial charge on any atom is -0.463 e. The van der Waals surface area contributed by atoms with Crippen LogP contribution in [0.5, 0.6) is 0 Å². The third-order valence-corrected chi connectivity index (χ3v) is 8.29. The van der Waals surface area contributed by atoms with Gasteiger partial charge in [0.25, 0.3) is 0 Å². The Kier molecular flexibility index (Phi) is 14.6. The van der Waals surface area contributed by atoms with Gasteiger partial charge in [0.1, 0.15) is 18.5 Å². The maximum Gasteiger partial charge on any atom is 0.303 e. The normalized spacial score (nSPS) is 14.1. The Morgan fingerprint density at radius 3 is 2.02 bits per heavy atom. The molecular formula is C36H41FO11S. The van der Waals surface area contributed by atoms with Crippen molar-refractivity contribution < 1.29 is 56.8 Å². The summed E-state index contributed by atoms with van der Waals surface area (Å²) >= 11 is 1.52. The molecule has 13 heteroatoms. The zero-order valence-corrected chi connectivity index (χ0v) is 29.3. The second-order valence-electron chi connectivity index (χ2n) is 11.1. The minimum atomic E-state index is -1.81. The number of carbonyl (C=O) groups is 5. The molecule has 1 aromatic heterocycles. The highest BCUT2D eigenvalue weighted by atomic mass is 32.1. The van der Waals surface area contributed by atoms with Crippen LogP contribution in [0.4, 0.5) is 4.39 Å². The van der Waals surface area contributed by atoms with E-state index >= 15 is 0 Å². The van der Waals surface area contributed by atoms with Crippen LogP contribution < -0.4 is 0 Å². The lowest BCUT2D eigenvalue weighted by molar-refractivity contribution is -0.226. The average Bonchev–Trinajstić information content (AvgIpc) is 3.49. The van der Waals surface area contributed by atoms with Gasteiger partial charge in [-0.2, -0.15) is 0 Å². The second kappa shape index (κ2) is 18.3. The van der Waals surface area contributed by atoms with Gasteiger partial charge in [-0.1, -0.05) is 24.3 Å². The molecule has 0 aliphatic heterocycles. The van der Waals surface area contributed by atoms with Crippen LogP contribution in [0.3, 0.4) is 0 Å². The van der Waals surface area contributed by atoms with Gasteiger partial charge in [0.15, 0.2) is 18.5 Å². The van der Waals surface area contributed by atoms with Gasteiger partial charge in [-0.15, -0.1) is 11.3 Å². The predicted octanol–water partition coefficient (Wildman–Crippen LogP) is 5.76. The number of carbonyl (C=O) groups excluding carboxylic acids is 5. The van der Waals surface area contributed by atoms with Gasteiger partial charge in [0.05, 0.1) is 0 Å². The number of Topliss-reactive ketones (excluding diaryl/α,β-unsaturated/α-hetero) is 1. The summed E-state index contributed by atoms with van der Waals surface area (Å²) in [5, 5.41) is 0. The van der Waals surface area contributed by atoms with E-state index in [1.54, 1.807) is 44.2 Å². The van der Waals surface area contributed by atoms with Crippen molar-refractivity contribution in [1.82, 2.24) is 0 Å². The summed E-state index contributed by atoms with van der Waals surface area (Å²) in [6.07, 6.45) is -6.92. The van der Waals surface area contributed by atoms with Crippen molar-refractivity contribution in [3.8, 4) is 10.4 Å². The van der Waals surface area contributed by atoms with Crippen molar-refractivity contribution in [1.29, 1.82) is 0 Å². The third-order valence-electron chi connectivity index (χ3n) is 7.15. The molecule has 0 N–H and O–H groups in total. The van der Waals surface area contributed by atoms with E-state index in [2.05, 4.69) is 0 Å². The number of benzene rings is 2. The summed E-state index contributed by atoms with van der Waals surface area (Å²) in [4.78, 5) is 65.2. The van der Waals surface area contributed by atoms with Gasteiger partial charge in [-0.25, -0.2) is 4.39 Å². The molecule has 0 aliphatic carbocycles. The van der Waals surface area contributed by atoms with Crippen molar-refractivity contribution >= 4 is 41.0 Å². The first-order chi connectivity index (χ1) is 23.2. The molecule has 264 valence electrons. The topological polar surface area (TPSA) is 141 Å². The first kappa shape index (κ1) is 39.0. The molecule has 3 rings (SSSR count). The molecule has 0 saturated carbocycles. The Labute approximate surface area is 288 Å². The molecule has 3 aromatic rings. The van der Waals surface area contributed by atoms with Crippen LogP contribution in [-0.2, 0) is 54.0 Å². The number of hydrogen-bond acceptors (Lipinski definition) is 12. The summed E-state index contributed by atoms with van der Waals surface area (Å²) in [6.45, 7) is 9.32. The fourth-order valence-electron chi connectivity index (χ4n) is 5.03. The summed E-state index contributed by atoms with van der Waals surface area (Å²) in [6, 6.07) is 15.0. The van der Waals surface area contributed by atoms with Crippen LogP contribution in [0.15, 0.2) is 54.6 Å². The van der Waals surface area contributed by atoms with E-state index in [1.807, 2.05) is 19.1 Å². The van der Waals surface area contributed by atoms with Gasteiger partial charge in [0.2, 0.25) is 11.9 Å². The van der Waals surface area contributed by atoms with Gasteiger partial charge in [-0.05, 0) is 67.8 Å². The van der Waals surface area contributed by atoms with Gasteiger partial charge < -0.3 is 28.4 Å². The standard InChI is InChI=1S/C36H41FO11S/c1-8-43-25(7)48-31(19-44-21(3)38)34(45-22(4)39)36(47-24(6)41)35(46-23(5)40)33(42)27-10-9-20(2)28(17-27)18-30-15-16-32(49-30)26-11-13-29(37)14-12-26/h9-17,25,31,34-36H,8,18-19H2,1-7H3/t25?,31-,34-,35+,36+/m1/s1. The fourth-order valence-corrected chi connectivity index (χ4v) is 6.06. The van der Waals surface area contributed by atoms with Crippen molar-refractivity contribution in [3.63, 3.8) is 0 Å². The maximum absolute atomic E-state index is 14.3. The molecule has 1 unspecified atom stereocenters. The van der Waals surface area contributed by atoms with Crippen molar-refractivity contribution in [2.75, 3.05) is 13.2 Å². The Balaban J connectivity index is 2.04. The van der Waals surface area contributed by atoms with Gasteiger partial charge in [0, 0.05) is 56.0 Å². The molecule has 0 amide bonds. The second-order valence-corrected chi connectivity index (χ2v) is 12.3. The van der Waals surface area contributed by atoms with E-state index in [0.29, 0.717) is 6.42 Å². The van der Waals surface area contributed by atoms with Crippen molar-refractivity contribution in [3.05, 3.63) is 82.0 Å².